The summed E-state index contributed by atoms with van der Waals surface area (Å²) in [5.74, 6) is 2.24. The van der Waals surface area contributed by atoms with E-state index < -0.39 is 0 Å². The van der Waals surface area contributed by atoms with Crippen molar-refractivity contribution >= 4 is 5.91 Å². The van der Waals surface area contributed by atoms with Crippen molar-refractivity contribution in [3.63, 3.8) is 0 Å². The highest BCUT2D eigenvalue weighted by Gasteiger charge is 2.43. The van der Waals surface area contributed by atoms with E-state index in [9.17, 15) is 4.79 Å². The Hall–Kier alpha value is -0.570. The van der Waals surface area contributed by atoms with Gasteiger partial charge in [0.05, 0.1) is 6.04 Å². The van der Waals surface area contributed by atoms with Crippen molar-refractivity contribution in [2.75, 3.05) is 20.1 Å². The van der Waals surface area contributed by atoms with Crippen molar-refractivity contribution in [1.29, 1.82) is 0 Å². The second-order valence-corrected chi connectivity index (χ2v) is 5.85. The third-order valence-corrected chi connectivity index (χ3v) is 4.03. The molecule has 0 aromatic carbocycles. The lowest BCUT2D eigenvalue weighted by atomic mass is 9.93. The van der Waals surface area contributed by atoms with Crippen molar-refractivity contribution in [3.05, 3.63) is 0 Å². The summed E-state index contributed by atoms with van der Waals surface area (Å²) < 4.78 is 0. The normalized spacial score (nSPS) is 33.1. The molecule has 0 radical (unpaired) electrons. The number of carbonyl (C=O) groups is 1. The van der Waals surface area contributed by atoms with Crippen LogP contribution in [0.2, 0.25) is 0 Å². The summed E-state index contributed by atoms with van der Waals surface area (Å²) in [6, 6.07) is 0.108. The van der Waals surface area contributed by atoms with E-state index in [0.717, 1.165) is 19.0 Å². The molecule has 1 heterocycles. The fourth-order valence-corrected chi connectivity index (χ4v) is 3.33. The van der Waals surface area contributed by atoms with Crippen LogP contribution in [0.3, 0.4) is 0 Å². The lowest BCUT2D eigenvalue weighted by Crippen LogP contribution is -2.45. The zero-order valence-electron chi connectivity index (χ0n) is 10.7. The van der Waals surface area contributed by atoms with Crippen molar-refractivity contribution in [2.45, 2.75) is 39.2 Å². The van der Waals surface area contributed by atoms with Crippen LogP contribution in [0, 0.1) is 17.8 Å². The predicted octanol–water partition coefficient (Wildman–Crippen LogP) is 1.49. The molecular formula is C13H24N2O. The van der Waals surface area contributed by atoms with E-state index >= 15 is 0 Å². The van der Waals surface area contributed by atoms with Gasteiger partial charge in [0.2, 0.25) is 5.91 Å². The fraction of sp³-hybridized carbons (Fsp3) is 0.923. The van der Waals surface area contributed by atoms with E-state index in [1.54, 1.807) is 0 Å². The topological polar surface area (TPSA) is 32.3 Å². The fourth-order valence-electron chi connectivity index (χ4n) is 3.33. The minimum absolute atomic E-state index is 0.108. The highest BCUT2D eigenvalue weighted by atomic mass is 16.2. The number of carbonyl (C=O) groups excluding carboxylic acids is 1. The molecular weight excluding hydrogens is 200 g/mol. The predicted molar refractivity (Wildman–Crippen MR) is 65.1 cm³/mol. The Bertz CT molecular complexity index is 265. The number of nitrogens with zero attached hydrogens (tertiary/aromatic N) is 1. The summed E-state index contributed by atoms with van der Waals surface area (Å²) in [6.45, 7) is 6.24. The number of nitrogens with one attached hydrogen (secondary N) is 1. The third-order valence-electron chi connectivity index (χ3n) is 4.03. The van der Waals surface area contributed by atoms with Gasteiger partial charge in [0.1, 0.15) is 0 Å². The summed E-state index contributed by atoms with van der Waals surface area (Å²) >= 11 is 0. The van der Waals surface area contributed by atoms with Gasteiger partial charge in [-0.25, -0.2) is 0 Å². The van der Waals surface area contributed by atoms with Crippen LogP contribution in [0.25, 0.3) is 0 Å². The van der Waals surface area contributed by atoms with Crippen LogP contribution in [0.15, 0.2) is 0 Å². The van der Waals surface area contributed by atoms with Gasteiger partial charge in [0.15, 0.2) is 0 Å². The number of amides is 1. The second-order valence-electron chi connectivity index (χ2n) is 5.85. The Morgan fingerprint density at radius 1 is 1.44 bits per heavy atom. The van der Waals surface area contributed by atoms with Gasteiger partial charge < -0.3 is 10.2 Å². The van der Waals surface area contributed by atoms with Crippen LogP contribution < -0.4 is 5.32 Å². The molecule has 16 heavy (non-hydrogen) atoms. The van der Waals surface area contributed by atoms with E-state index in [1.165, 1.54) is 19.3 Å². The van der Waals surface area contributed by atoms with Gasteiger partial charge in [-0.1, -0.05) is 20.3 Å². The first kappa shape index (κ1) is 11.9. The molecule has 0 spiro atoms. The number of hydrogen-bond acceptors (Lipinski definition) is 2. The zero-order chi connectivity index (χ0) is 11.7. The molecule has 3 unspecified atom stereocenters. The standard InChI is InChI=1S/C13H24N2O/c1-9(2)8-15(3)13(16)12-11-6-4-5-10(11)7-14-12/h9-12,14H,4-8H2,1-3H3. The smallest absolute Gasteiger partial charge is 0.239 e. The van der Waals surface area contributed by atoms with Gasteiger partial charge in [0.25, 0.3) is 0 Å². The molecule has 1 aliphatic carbocycles. The van der Waals surface area contributed by atoms with E-state index in [2.05, 4.69) is 19.2 Å². The molecule has 3 nitrogen and oxygen atoms in total. The van der Waals surface area contributed by atoms with Gasteiger partial charge in [-0.3, -0.25) is 4.79 Å². The maximum absolute atomic E-state index is 12.3. The van der Waals surface area contributed by atoms with Crippen LogP contribution in [0.1, 0.15) is 33.1 Å². The third kappa shape index (κ3) is 2.24. The zero-order valence-corrected chi connectivity index (χ0v) is 10.7. The molecule has 2 aliphatic rings. The van der Waals surface area contributed by atoms with Gasteiger partial charge in [-0.15, -0.1) is 0 Å². The van der Waals surface area contributed by atoms with Gasteiger partial charge in [-0.05, 0) is 37.1 Å². The summed E-state index contributed by atoms with van der Waals surface area (Å²) in [6.07, 6.45) is 3.87. The molecule has 1 N–H and O–H groups in total. The number of fused-ring (bicyclic) bond motifs is 1. The summed E-state index contributed by atoms with van der Waals surface area (Å²) in [4.78, 5) is 14.2. The van der Waals surface area contributed by atoms with Gasteiger partial charge >= 0.3 is 0 Å². The Labute approximate surface area is 98.6 Å². The average Bonchev–Trinajstić information content (AvgIpc) is 2.75. The van der Waals surface area contributed by atoms with E-state index in [4.69, 9.17) is 0 Å². The molecule has 0 aromatic heterocycles. The van der Waals surface area contributed by atoms with Crippen molar-refractivity contribution in [2.24, 2.45) is 17.8 Å². The second kappa shape index (κ2) is 4.74. The highest BCUT2D eigenvalue weighted by molar-refractivity contribution is 5.82. The maximum atomic E-state index is 12.3. The van der Waals surface area contributed by atoms with Crippen LogP contribution in [-0.2, 0) is 4.79 Å². The van der Waals surface area contributed by atoms with E-state index in [0.29, 0.717) is 17.7 Å². The Kier molecular flexibility index (Phi) is 3.53. The minimum Gasteiger partial charge on any atom is -0.344 e. The lowest BCUT2D eigenvalue weighted by molar-refractivity contribution is -0.133. The highest BCUT2D eigenvalue weighted by Crippen LogP contribution is 2.38. The molecule has 0 bridgehead atoms. The van der Waals surface area contributed by atoms with Gasteiger partial charge in [-0.2, -0.15) is 0 Å². The molecule has 1 saturated carbocycles. The van der Waals surface area contributed by atoms with Crippen molar-refractivity contribution in [3.8, 4) is 0 Å². The quantitative estimate of drug-likeness (QED) is 0.787. The molecule has 0 aromatic rings. The van der Waals surface area contributed by atoms with Gasteiger partial charge in [0, 0.05) is 13.6 Å². The van der Waals surface area contributed by atoms with Crippen LogP contribution in [-0.4, -0.2) is 37.0 Å². The number of likely N-dealkylation sites (N-methyl/N-ethyl adjacent to an activating group) is 1. The van der Waals surface area contributed by atoms with Crippen LogP contribution in [0.4, 0.5) is 0 Å². The minimum atomic E-state index is 0.108. The monoisotopic (exact) mass is 224 g/mol. The Morgan fingerprint density at radius 2 is 2.19 bits per heavy atom. The molecule has 2 rings (SSSR count). The first-order valence-electron chi connectivity index (χ1n) is 6.58. The lowest BCUT2D eigenvalue weighted by Gasteiger charge is -2.25. The summed E-state index contributed by atoms with van der Waals surface area (Å²) in [7, 11) is 1.94. The molecule has 92 valence electrons. The molecule has 2 fully saturated rings. The molecule has 3 atom stereocenters. The largest absolute Gasteiger partial charge is 0.344 e. The van der Waals surface area contributed by atoms with Crippen molar-refractivity contribution in [1.82, 2.24) is 10.2 Å². The van der Waals surface area contributed by atoms with Crippen LogP contribution >= 0.6 is 0 Å². The molecule has 1 aliphatic heterocycles. The first-order valence-corrected chi connectivity index (χ1v) is 6.58. The van der Waals surface area contributed by atoms with Crippen molar-refractivity contribution < 1.29 is 4.79 Å². The number of rotatable bonds is 3. The van der Waals surface area contributed by atoms with Crippen LogP contribution in [0.5, 0.6) is 0 Å². The molecule has 3 heteroatoms. The molecule has 1 amide bonds. The molecule has 1 saturated heterocycles. The maximum Gasteiger partial charge on any atom is 0.239 e. The van der Waals surface area contributed by atoms with E-state index in [-0.39, 0.29) is 6.04 Å². The Morgan fingerprint density at radius 3 is 2.88 bits per heavy atom. The summed E-state index contributed by atoms with van der Waals surface area (Å²) in [5, 5.41) is 3.42. The van der Waals surface area contributed by atoms with E-state index in [1.807, 2.05) is 11.9 Å². The average molecular weight is 224 g/mol. The SMILES string of the molecule is CC(C)CN(C)C(=O)C1NCC2CCCC21. The number of hydrogen-bond donors (Lipinski definition) is 1. The summed E-state index contributed by atoms with van der Waals surface area (Å²) in [5.41, 5.74) is 0. The Balaban J connectivity index is 1.94. The first-order chi connectivity index (χ1) is 7.59.